The van der Waals surface area contributed by atoms with Crippen LogP contribution in [0.3, 0.4) is 0 Å². The van der Waals surface area contributed by atoms with Crippen molar-refractivity contribution in [1.29, 1.82) is 0 Å². The number of carbonyl (C=O) groups is 1. The fourth-order valence-electron chi connectivity index (χ4n) is 4.39. The summed E-state index contributed by atoms with van der Waals surface area (Å²) in [5, 5.41) is 6.73. The minimum atomic E-state index is 0.275. The largest absolute Gasteiger partial charge is 0.353 e. The maximum atomic E-state index is 12.5. The number of amides is 1. The molecule has 1 spiro atoms. The molecule has 2 atom stereocenters. The molecule has 1 amide bonds. The van der Waals surface area contributed by atoms with Gasteiger partial charge < -0.3 is 15.5 Å². The molecule has 2 aliphatic heterocycles. The average molecular weight is 328 g/mol. The van der Waals surface area contributed by atoms with Gasteiger partial charge in [0.15, 0.2) is 0 Å². The number of pyridine rings is 1. The molecule has 0 bridgehead atoms. The van der Waals surface area contributed by atoms with Gasteiger partial charge in [-0.2, -0.15) is 0 Å². The maximum absolute atomic E-state index is 12.5. The second kappa shape index (κ2) is 6.81. The molecule has 5 heteroatoms. The van der Waals surface area contributed by atoms with Gasteiger partial charge in [0.25, 0.3) is 0 Å². The number of rotatable bonds is 5. The Morgan fingerprint density at radius 3 is 2.83 bits per heavy atom. The number of nitrogens with one attached hydrogen (secondary N) is 2. The Morgan fingerprint density at radius 1 is 1.33 bits per heavy atom. The van der Waals surface area contributed by atoms with E-state index in [0.29, 0.717) is 17.4 Å². The lowest BCUT2D eigenvalue weighted by Gasteiger charge is -2.32. The van der Waals surface area contributed by atoms with Gasteiger partial charge in [-0.3, -0.25) is 9.78 Å². The normalized spacial score (nSPS) is 30.6. The van der Waals surface area contributed by atoms with Crippen molar-refractivity contribution in [2.75, 3.05) is 32.7 Å². The van der Waals surface area contributed by atoms with Gasteiger partial charge in [-0.1, -0.05) is 0 Å². The Kier molecular flexibility index (Phi) is 4.55. The topological polar surface area (TPSA) is 57.3 Å². The van der Waals surface area contributed by atoms with Crippen LogP contribution in [-0.2, 0) is 11.2 Å². The zero-order valence-corrected chi connectivity index (χ0v) is 14.3. The standard InChI is InChI=1S/C19H28N4O/c24-18(17-13-19(17)6-9-21-14-19)22-16-4-11-23(12-5-16)10-3-15-1-7-20-8-2-15/h1-2,7-8,16-17,21H,3-6,9-14H2,(H,22,24). The van der Waals surface area contributed by atoms with E-state index in [4.69, 9.17) is 0 Å². The number of likely N-dealkylation sites (tertiary alicyclic amines) is 1. The van der Waals surface area contributed by atoms with Crippen LogP contribution in [0.2, 0.25) is 0 Å². The Balaban J connectivity index is 1.17. The lowest BCUT2D eigenvalue weighted by molar-refractivity contribution is -0.124. The molecule has 2 saturated heterocycles. The smallest absolute Gasteiger partial charge is 0.223 e. The molecule has 130 valence electrons. The maximum Gasteiger partial charge on any atom is 0.223 e. The molecule has 24 heavy (non-hydrogen) atoms. The van der Waals surface area contributed by atoms with Gasteiger partial charge in [-0.15, -0.1) is 0 Å². The van der Waals surface area contributed by atoms with Crippen molar-refractivity contribution in [3.05, 3.63) is 30.1 Å². The molecule has 2 N–H and O–H groups in total. The molecule has 1 aromatic rings. The summed E-state index contributed by atoms with van der Waals surface area (Å²) in [6, 6.07) is 4.56. The monoisotopic (exact) mass is 328 g/mol. The molecule has 0 radical (unpaired) electrons. The van der Waals surface area contributed by atoms with E-state index in [1.165, 1.54) is 12.0 Å². The summed E-state index contributed by atoms with van der Waals surface area (Å²) < 4.78 is 0. The number of nitrogens with zero attached hydrogens (tertiary/aromatic N) is 2. The number of hydrogen-bond acceptors (Lipinski definition) is 4. The van der Waals surface area contributed by atoms with Gasteiger partial charge in [0, 0.05) is 50.5 Å². The van der Waals surface area contributed by atoms with Gasteiger partial charge in [-0.05, 0) is 61.8 Å². The zero-order valence-electron chi connectivity index (χ0n) is 14.3. The molecule has 3 fully saturated rings. The highest BCUT2D eigenvalue weighted by atomic mass is 16.2. The van der Waals surface area contributed by atoms with Crippen molar-refractivity contribution in [2.24, 2.45) is 11.3 Å². The number of hydrogen-bond donors (Lipinski definition) is 2. The summed E-state index contributed by atoms with van der Waals surface area (Å²) in [6.45, 7) is 5.40. The van der Waals surface area contributed by atoms with E-state index in [9.17, 15) is 4.79 Å². The zero-order chi connectivity index (χ0) is 16.4. The molecule has 1 aliphatic carbocycles. The fourth-order valence-corrected chi connectivity index (χ4v) is 4.39. The van der Waals surface area contributed by atoms with Crippen LogP contribution in [0.5, 0.6) is 0 Å². The van der Waals surface area contributed by atoms with Crippen LogP contribution >= 0.6 is 0 Å². The van der Waals surface area contributed by atoms with Crippen molar-refractivity contribution in [3.63, 3.8) is 0 Å². The van der Waals surface area contributed by atoms with Gasteiger partial charge >= 0.3 is 0 Å². The third kappa shape index (κ3) is 3.47. The second-order valence-electron chi connectivity index (χ2n) is 7.78. The van der Waals surface area contributed by atoms with Crippen LogP contribution < -0.4 is 10.6 Å². The summed E-state index contributed by atoms with van der Waals surface area (Å²) in [6.07, 6.45) is 9.25. The van der Waals surface area contributed by atoms with Crippen molar-refractivity contribution >= 4 is 5.91 Å². The summed E-state index contributed by atoms with van der Waals surface area (Å²) >= 11 is 0. The minimum Gasteiger partial charge on any atom is -0.353 e. The van der Waals surface area contributed by atoms with Gasteiger partial charge in [0.1, 0.15) is 0 Å². The first-order chi connectivity index (χ1) is 11.8. The molecule has 0 aromatic carbocycles. The highest BCUT2D eigenvalue weighted by Crippen LogP contribution is 2.56. The third-order valence-electron chi connectivity index (χ3n) is 6.18. The Labute approximate surface area is 144 Å². The molecule has 1 aromatic heterocycles. The highest BCUT2D eigenvalue weighted by Gasteiger charge is 2.59. The van der Waals surface area contributed by atoms with E-state index in [1.807, 2.05) is 12.4 Å². The van der Waals surface area contributed by atoms with Crippen LogP contribution in [0.15, 0.2) is 24.5 Å². The molecule has 5 nitrogen and oxygen atoms in total. The van der Waals surface area contributed by atoms with E-state index in [2.05, 4.69) is 32.7 Å². The first-order valence-corrected chi connectivity index (χ1v) is 9.38. The Hall–Kier alpha value is -1.46. The lowest BCUT2D eigenvalue weighted by Crippen LogP contribution is -2.46. The van der Waals surface area contributed by atoms with Gasteiger partial charge in [-0.25, -0.2) is 0 Å². The van der Waals surface area contributed by atoms with E-state index < -0.39 is 0 Å². The van der Waals surface area contributed by atoms with E-state index in [1.54, 1.807) is 0 Å². The third-order valence-corrected chi connectivity index (χ3v) is 6.18. The van der Waals surface area contributed by atoms with Crippen LogP contribution in [-0.4, -0.2) is 54.6 Å². The lowest BCUT2D eigenvalue weighted by atomic mass is 10.0. The van der Waals surface area contributed by atoms with Crippen molar-refractivity contribution < 1.29 is 4.79 Å². The van der Waals surface area contributed by atoms with Crippen molar-refractivity contribution in [2.45, 2.75) is 38.1 Å². The second-order valence-corrected chi connectivity index (χ2v) is 7.78. The van der Waals surface area contributed by atoms with E-state index in [0.717, 1.165) is 58.4 Å². The molecular weight excluding hydrogens is 300 g/mol. The number of carbonyl (C=O) groups excluding carboxylic acids is 1. The fraction of sp³-hybridized carbons (Fsp3) is 0.684. The summed E-state index contributed by atoms with van der Waals surface area (Å²) in [5.74, 6) is 0.589. The molecule has 1 saturated carbocycles. The predicted molar refractivity (Wildman–Crippen MR) is 93.6 cm³/mol. The number of aromatic nitrogens is 1. The van der Waals surface area contributed by atoms with E-state index in [-0.39, 0.29) is 5.92 Å². The molecule has 3 heterocycles. The molecular formula is C19H28N4O. The Bertz CT molecular complexity index is 562. The van der Waals surface area contributed by atoms with Crippen molar-refractivity contribution in [3.8, 4) is 0 Å². The first-order valence-electron chi connectivity index (χ1n) is 9.38. The summed E-state index contributed by atoms with van der Waals surface area (Å²) in [7, 11) is 0. The van der Waals surface area contributed by atoms with E-state index >= 15 is 0 Å². The Morgan fingerprint density at radius 2 is 2.12 bits per heavy atom. The molecule has 3 aliphatic rings. The number of piperidine rings is 1. The minimum absolute atomic E-state index is 0.275. The van der Waals surface area contributed by atoms with Crippen LogP contribution in [0, 0.1) is 11.3 Å². The van der Waals surface area contributed by atoms with Gasteiger partial charge in [0.2, 0.25) is 5.91 Å². The van der Waals surface area contributed by atoms with Crippen molar-refractivity contribution in [1.82, 2.24) is 20.5 Å². The SMILES string of the molecule is O=C(NC1CCN(CCc2ccncc2)CC1)C1CC12CCNC2. The summed E-state index contributed by atoms with van der Waals surface area (Å²) in [4.78, 5) is 19.1. The van der Waals surface area contributed by atoms with Crippen LogP contribution in [0.4, 0.5) is 0 Å². The highest BCUT2D eigenvalue weighted by molar-refractivity contribution is 5.83. The summed E-state index contributed by atoms with van der Waals surface area (Å²) in [5.41, 5.74) is 1.67. The first kappa shape index (κ1) is 16.0. The van der Waals surface area contributed by atoms with Crippen LogP contribution in [0.1, 0.15) is 31.2 Å². The van der Waals surface area contributed by atoms with Gasteiger partial charge in [0.05, 0.1) is 0 Å². The predicted octanol–water partition coefficient (Wildman–Crippen LogP) is 1.20. The average Bonchev–Trinajstić information content (AvgIpc) is 3.12. The molecule has 4 rings (SSSR count). The van der Waals surface area contributed by atoms with Crippen LogP contribution in [0.25, 0.3) is 0 Å². The quantitative estimate of drug-likeness (QED) is 0.853. The molecule has 2 unspecified atom stereocenters.